The van der Waals surface area contributed by atoms with E-state index < -0.39 is 15.3 Å². The lowest BCUT2D eigenvalue weighted by Gasteiger charge is -2.31. The average molecular weight is 381 g/mol. The van der Waals surface area contributed by atoms with Gasteiger partial charge in [-0.05, 0) is 43.2 Å². The van der Waals surface area contributed by atoms with Gasteiger partial charge in [-0.3, -0.25) is 0 Å². The van der Waals surface area contributed by atoms with Crippen molar-refractivity contribution in [2.45, 2.75) is 23.5 Å². The Labute approximate surface area is 155 Å². The number of rotatable bonds is 2. The maximum absolute atomic E-state index is 12.0. The molecule has 1 aromatic heterocycles. The normalized spacial score (nSPS) is 26.3. The fourth-order valence-electron chi connectivity index (χ4n) is 4.25. The number of hydrogen-bond acceptors (Lipinski definition) is 7. The van der Waals surface area contributed by atoms with Crippen LogP contribution >= 0.6 is 0 Å². The van der Waals surface area contributed by atoms with Crippen molar-refractivity contribution < 1.29 is 17.7 Å². The molecule has 136 valence electrons. The SMILES string of the molecule is O=S1(=O)CC2(c3nc(-c4ccc5c(c4)Oc4ccccc4N5)no3)CC1C2. The van der Waals surface area contributed by atoms with Gasteiger partial charge in [-0.1, -0.05) is 17.3 Å². The molecule has 0 atom stereocenters. The van der Waals surface area contributed by atoms with Crippen LogP contribution in [0.5, 0.6) is 11.5 Å². The number of nitrogens with one attached hydrogen (secondary N) is 1. The van der Waals surface area contributed by atoms with Gasteiger partial charge in [-0.25, -0.2) is 8.42 Å². The van der Waals surface area contributed by atoms with Crippen LogP contribution in [0.1, 0.15) is 18.7 Å². The molecule has 0 radical (unpaired) electrons. The third-order valence-electron chi connectivity index (χ3n) is 5.72. The van der Waals surface area contributed by atoms with Crippen molar-refractivity contribution in [1.82, 2.24) is 10.1 Å². The Morgan fingerprint density at radius 1 is 1.07 bits per heavy atom. The van der Waals surface area contributed by atoms with Gasteiger partial charge >= 0.3 is 0 Å². The van der Waals surface area contributed by atoms with E-state index >= 15 is 0 Å². The standard InChI is InChI=1S/C19H15N3O4S/c23-27(24)10-19(8-12(27)9-19)18-21-17(22-26-18)11-5-6-14-16(7-11)25-15-4-2-1-3-13(15)20-14/h1-7,12,20H,8-10H2. The van der Waals surface area contributed by atoms with Crippen LogP contribution in [0.2, 0.25) is 0 Å². The summed E-state index contributed by atoms with van der Waals surface area (Å²) in [6.07, 6.45) is 1.18. The summed E-state index contributed by atoms with van der Waals surface area (Å²) < 4.78 is 35.4. The quantitative estimate of drug-likeness (QED) is 0.568. The lowest BCUT2D eigenvalue weighted by Crippen LogP contribution is -2.37. The van der Waals surface area contributed by atoms with E-state index in [1.807, 2.05) is 42.5 Å². The number of nitrogens with zero attached hydrogens (tertiary/aromatic N) is 2. The molecule has 0 amide bonds. The van der Waals surface area contributed by atoms with Crippen LogP contribution in [-0.4, -0.2) is 29.6 Å². The first-order chi connectivity index (χ1) is 13.0. The fraction of sp³-hybridized carbons (Fsp3) is 0.263. The first kappa shape index (κ1) is 15.2. The molecule has 3 aliphatic heterocycles. The number of benzene rings is 2. The highest BCUT2D eigenvalue weighted by Gasteiger charge is 2.63. The Hall–Kier alpha value is -2.87. The monoisotopic (exact) mass is 381 g/mol. The molecular weight excluding hydrogens is 366 g/mol. The van der Waals surface area contributed by atoms with E-state index in [1.165, 1.54) is 0 Å². The number of anilines is 2. The van der Waals surface area contributed by atoms with Gasteiger partial charge in [-0.2, -0.15) is 4.98 Å². The molecular formula is C19H15N3O4S. The minimum Gasteiger partial charge on any atom is -0.453 e. The number of aromatic nitrogens is 2. The molecule has 2 aromatic carbocycles. The highest BCUT2D eigenvalue weighted by atomic mass is 32.2. The molecule has 2 bridgehead atoms. The van der Waals surface area contributed by atoms with E-state index in [2.05, 4.69) is 15.5 Å². The maximum Gasteiger partial charge on any atom is 0.234 e. The van der Waals surface area contributed by atoms with Crippen molar-refractivity contribution in [3.63, 3.8) is 0 Å². The summed E-state index contributed by atoms with van der Waals surface area (Å²) in [5.41, 5.74) is 2.06. The summed E-state index contributed by atoms with van der Waals surface area (Å²) in [6.45, 7) is 0. The molecule has 2 saturated heterocycles. The first-order valence-electron chi connectivity index (χ1n) is 8.77. The van der Waals surface area contributed by atoms with Crippen LogP contribution in [0.4, 0.5) is 11.4 Å². The van der Waals surface area contributed by atoms with Crippen molar-refractivity contribution in [1.29, 1.82) is 0 Å². The molecule has 1 aliphatic carbocycles. The van der Waals surface area contributed by atoms with Gasteiger partial charge in [0.2, 0.25) is 11.7 Å². The zero-order chi connectivity index (χ0) is 18.2. The molecule has 0 spiro atoms. The molecule has 8 heteroatoms. The van der Waals surface area contributed by atoms with Crippen LogP contribution in [0.3, 0.4) is 0 Å². The molecule has 3 aromatic rings. The van der Waals surface area contributed by atoms with Gasteiger partial charge in [0.15, 0.2) is 21.3 Å². The average Bonchev–Trinajstić information content (AvgIpc) is 3.28. The number of hydrogen-bond donors (Lipinski definition) is 1. The summed E-state index contributed by atoms with van der Waals surface area (Å²) in [5.74, 6) is 2.42. The van der Waals surface area contributed by atoms with Crippen molar-refractivity contribution in [3.8, 4) is 22.9 Å². The summed E-state index contributed by atoms with van der Waals surface area (Å²) >= 11 is 0. The Bertz CT molecular complexity index is 1200. The minimum atomic E-state index is -3.01. The number of sulfone groups is 1. The number of para-hydroxylation sites is 2. The first-order valence-corrected chi connectivity index (χ1v) is 10.5. The van der Waals surface area contributed by atoms with Crippen LogP contribution in [0.15, 0.2) is 47.0 Å². The third kappa shape index (κ3) is 2.10. The molecule has 4 heterocycles. The molecule has 3 fully saturated rings. The second kappa shape index (κ2) is 4.89. The molecule has 0 unspecified atom stereocenters. The number of fused-ring (bicyclic) bond motifs is 3. The van der Waals surface area contributed by atoms with E-state index in [0.29, 0.717) is 30.3 Å². The highest BCUT2D eigenvalue weighted by molar-refractivity contribution is 7.92. The van der Waals surface area contributed by atoms with E-state index in [1.54, 1.807) is 0 Å². The largest absolute Gasteiger partial charge is 0.453 e. The predicted molar refractivity (Wildman–Crippen MR) is 98.0 cm³/mol. The van der Waals surface area contributed by atoms with E-state index in [0.717, 1.165) is 22.7 Å². The lowest BCUT2D eigenvalue weighted by atomic mass is 9.70. The molecule has 1 saturated carbocycles. The summed E-state index contributed by atoms with van der Waals surface area (Å²) in [4.78, 5) is 4.51. The van der Waals surface area contributed by atoms with Crippen molar-refractivity contribution in [2.75, 3.05) is 11.1 Å². The zero-order valence-electron chi connectivity index (χ0n) is 14.2. The Balaban J connectivity index is 1.33. The van der Waals surface area contributed by atoms with E-state index in [9.17, 15) is 8.42 Å². The summed E-state index contributed by atoms with van der Waals surface area (Å²) in [7, 11) is -3.01. The van der Waals surface area contributed by atoms with Crippen LogP contribution in [0.25, 0.3) is 11.4 Å². The van der Waals surface area contributed by atoms with Crippen molar-refractivity contribution in [3.05, 3.63) is 48.4 Å². The smallest absolute Gasteiger partial charge is 0.234 e. The van der Waals surface area contributed by atoms with Crippen molar-refractivity contribution >= 4 is 21.2 Å². The van der Waals surface area contributed by atoms with Crippen LogP contribution < -0.4 is 10.1 Å². The molecule has 4 aliphatic rings. The van der Waals surface area contributed by atoms with Gasteiger partial charge in [0.25, 0.3) is 0 Å². The Kier molecular flexibility index (Phi) is 2.76. The Morgan fingerprint density at radius 3 is 2.70 bits per heavy atom. The van der Waals surface area contributed by atoms with Crippen LogP contribution in [0, 0.1) is 0 Å². The second-order valence-electron chi connectivity index (χ2n) is 7.48. The van der Waals surface area contributed by atoms with Gasteiger partial charge in [0, 0.05) is 5.56 Å². The molecule has 27 heavy (non-hydrogen) atoms. The molecule has 1 N–H and O–H groups in total. The summed E-state index contributed by atoms with van der Waals surface area (Å²) in [5, 5.41) is 7.18. The Morgan fingerprint density at radius 2 is 1.89 bits per heavy atom. The van der Waals surface area contributed by atoms with Gasteiger partial charge in [0.1, 0.15) is 0 Å². The fourth-order valence-corrected chi connectivity index (χ4v) is 6.76. The highest BCUT2D eigenvalue weighted by Crippen LogP contribution is 2.54. The zero-order valence-corrected chi connectivity index (χ0v) is 15.0. The topological polar surface area (TPSA) is 94.3 Å². The van der Waals surface area contributed by atoms with Gasteiger partial charge in [0.05, 0.1) is 27.8 Å². The number of ether oxygens (including phenoxy) is 1. The predicted octanol–water partition coefficient (Wildman–Crippen LogP) is 3.41. The maximum atomic E-state index is 12.0. The third-order valence-corrected chi connectivity index (χ3v) is 8.02. The second-order valence-corrected chi connectivity index (χ2v) is 9.76. The van der Waals surface area contributed by atoms with E-state index in [4.69, 9.17) is 9.26 Å². The summed E-state index contributed by atoms with van der Waals surface area (Å²) in [6, 6.07) is 13.4. The van der Waals surface area contributed by atoms with Crippen LogP contribution in [-0.2, 0) is 15.3 Å². The van der Waals surface area contributed by atoms with Gasteiger partial charge < -0.3 is 14.6 Å². The molecule has 7 rings (SSSR count). The lowest BCUT2D eigenvalue weighted by molar-refractivity contribution is 0.224. The van der Waals surface area contributed by atoms with Crippen molar-refractivity contribution in [2.24, 2.45) is 0 Å². The van der Waals surface area contributed by atoms with E-state index in [-0.39, 0.29) is 11.0 Å². The van der Waals surface area contributed by atoms with Gasteiger partial charge in [-0.15, -0.1) is 0 Å². The minimum absolute atomic E-state index is 0.111. The molecule has 7 nitrogen and oxygen atoms in total.